The number of aromatic hydroxyl groups is 1. The Kier molecular flexibility index (Phi) is 3.65. The Labute approximate surface area is 144 Å². The summed E-state index contributed by atoms with van der Waals surface area (Å²) in [5.41, 5.74) is 2.93. The van der Waals surface area contributed by atoms with E-state index in [2.05, 4.69) is 10.2 Å². The number of H-pyrrole nitrogens is 2. The van der Waals surface area contributed by atoms with Crippen LogP contribution in [0.25, 0.3) is 10.8 Å². The van der Waals surface area contributed by atoms with Gasteiger partial charge in [-0.25, -0.2) is 0 Å². The van der Waals surface area contributed by atoms with E-state index < -0.39 is 0 Å². The number of hydrogen-bond acceptors (Lipinski definition) is 2. The molecule has 0 saturated heterocycles. The molecule has 4 aromatic rings. The highest BCUT2D eigenvalue weighted by Gasteiger charge is 2.27. The van der Waals surface area contributed by atoms with Gasteiger partial charge in [0.05, 0.1) is 5.56 Å². The van der Waals surface area contributed by atoms with E-state index in [9.17, 15) is 9.90 Å². The summed E-state index contributed by atoms with van der Waals surface area (Å²) in [6, 6.07) is 21.3. The van der Waals surface area contributed by atoms with Crippen molar-refractivity contribution in [1.82, 2.24) is 10.2 Å². The molecule has 0 bridgehead atoms. The zero-order valence-corrected chi connectivity index (χ0v) is 13.8. The number of aromatic amines is 2. The number of phenols is 1. The fourth-order valence-corrected chi connectivity index (χ4v) is 3.51. The molecular formula is C21H18N2O2. The van der Waals surface area contributed by atoms with Crippen molar-refractivity contribution < 1.29 is 5.11 Å². The Morgan fingerprint density at radius 2 is 1.56 bits per heavy atom. The van der Waals surface area contributed by atoms with Crippen LogP contribution in [0.5, 0.6) is 5.75 Å². The summed E-state index contributed by atoms with van der Waals surface area (Å²) >= 11 is 0. The number of nitrogens with one attached hydrogen (secondary N) is 2. The molecule has 4 nitrogen and oxygen atoms in total. The average Bonchev–Trinajstić information content (AvgIpc) is 2.97. The highest BCUT2D eigenvalue weighted by Crippen LogP contribution is 2.40. The van der Waals surface area contributed by atoms with E-state index in [0.29, 0.717) is 5.56 Å². The molecule has 0 aliphatic carbocycles. The Balaban J connectivity index is 2.10. The number of aromatic nitrogens is 2. The first-order chi connectivity index (χ1) is 12.2. The monoisotopic (exact) mass is 330 g/mol. The van der Waals surface area contributed by atoms with Gasteiger partial charge in [0, 0.05) is 17.2 Å². The molecule has 0 aliphatic rings. The summed E-state index contributed by atoms with van der Waals surface area (Å²) in [7, 11) is 0. The topological polar surface area (TPSA) is 68.9 Å². The molecule has 0 spiro atoms. The van der Waals surface area contributed by atoms with Gasteiger partial charge in [0.1, 0.15) is 5.75 Å². The lowest BCUT2D eigenvalue weighted by molar-refractivity contribution is 0.468. The Morgan fingerprint density at radius 1 is 0.840 bits per heavy atom. The molecule has 4 heteroatoms. The van der Waals surface area contributed by atoms with Crippen LogP contribution in [0.1, 0.15) is 28.3 Å². The molecule has 1 heterocycles. The minimum absolute atomic E-state index is 0.168. The third-order valence-electron chi connectivity index (χ3n) is 4.67. The van der Waals surface area contributed by atoms with Crippen molar-refractivity contribution in [2.45, 2.75) is 12.8 Å². The maximum absolute atomic E-state index is 12.5. The van der Waals surface area contributed by atoms with Crippen molar-refractivity contribution >= 4 is 10.8 Å². The van der Waals surface area contributed by atoms with Crippen molar-refractivity contribution in [2.24, 2.45) is 0 Å². The second-order valence-electron chi connectivity index (χ2n) is 6.18. The second kappa shape index (κ2) is 5.98. The van der Waals surface area contributed by atoms with Gasteiger partial charge in [0.15, 0.2) is 0 Å². The van der Waals surface area contributed by atoms with Crippen LogP contribution in [0.15, 0.2) is 71.5 Å². The molecule has 1 unspecified atom stereocenters. The molecule has 0 amide bonds. The number of rotatable bonds is 3. The molecule has 4 rings (SSSR count). The Hall–Kier alpha value is -3.27. The van der Waals surface area contributed by atoms with Crippen LogP contribution in [-0.4, -0.2) is 15.3 Å². The van der Waals surface area contributed by atoms with E-state index in [-0.39, 0.29) is 17.2 Å². The molecule has 1 aromatic heterocycles. The van der Waals surface area contributed by atoms with Crippen LogP contribution >= 0.6 is 0 Å². The third kappa shape index (κ3) is 2.52. The maximum atomic E-state index is 12.5. The smallest absolute Gasteiger partial charge is 0.268 e. The minimum Gasteiger partial charge on any atom is -0.508 e. The van der Waals surface area contributed by atoms with Gasteiger partial charge in [-0.15, -0.1) is 0 Å². The lowest BCUT2D eigenvalue weighted by Crippen LogP contribution is -2.15. The molecule has 0 saturated carbocycles. The van der Waals surface area contributed by atoms with Crippen LogP contribution < -0.4 is 5.56 Å². The lowest BCUT2D eigenvalue weighted by atomic mass is 9.82. The lowest BCUT2D eigenvalue weighted by Gasteiger charge is -2.20. The van der Waals surface area contributed by atoms with E-state index in [4.69, 9.17) is 0 Å². The summed E-state index contributed by atoms with van der Waals surface area (Å²) in [5, 5.41) is 18.2. The maximum Gasteiger partial charge on any atom is 0.268 e. The molecule has 0 aliphatic heterocycles. The van der Waals surface area contributed by atoms with Crippen molar-refractivity contribution in [3.05, 3.63) is 99.5 Å². The van der Waals surface area contributed by atoms with E-state index in [1.165, 1.54) is 0 Å². The van der Waals surface area contributed by atoms with Gasteiger partial charge >= 0.3 is 0 Å². The first kappa shape index (κ1) is 15.3. The summed E-state index contributed by atoms with van der Waals surface area (Å²) < 4.78 is 0. The van der Waals surface area contributed by atoms with Crippen molar-refractivity contribution in [2.75, 3.05) is 0 Å². The summed E-state index contributed by atoms with van der Waals surface area (Å²) in [4.78, 5) is 12.5. The fraction of sp³-hybridized carbons (Fsp3) is 0.0952. The van der Waals surface area contributed by atoms with Gasteiger partial charge in [-0.05, 0) is 29.3 Å². The SMILES string of the molecule is Cc1[nH][nH]c(=O)c1C(c1ccccc1)c1c(O)ccc2ccccc12. The molecule has 3 N–H and O–H groups in total. The standard InChI is InChI=1S/C21H18N2O2/c1-13-18(21(25)23-22-13)19(15-8-3-2-4-9-15)20-16-10-6-5-7-14(16)11-12-17(20)24/h2-12,19,24H,1H3,(H2,22,23,25). The molecule has 25 heavy (non-hydrogen) atoms. The fourth-order valence-electron chi connectivity index (χ4n) is 3.51. The third-order valence-corrected chi connectivity index (χ3v) is 4.67. The summed E-state index contributed by atoms with van der Waals surface area (Å²) in [5.74, 6) is -0.171. The molecule has 0 fully saturated rings. The van der Waals surface area contributed by atoms with Gasteiger partial charge in [0.25, 0.3) is 5.56 Å². The van der Waals surface area contributed by atoms with Gasteiger partial charge in [-0.2, -0.15) is 0 Å². The molecule has 0 radical (unpaired) electrons. The highest BCUT2D eigenvalue weighted by molar-refractivity contribution is 5.89. The molecular weight excluding hydrogens is 312 g/mol. The predicted molar refractivity (Wildman–Crippen MR) is 99.2 cm³/mol. The first-order valence-corrected chi connectivity index (χ1v) is 8.19. The number of hydrogen-bond donors (Lipinski definition) is 3. The predicted octanol–water partition coefficient (Wildman–Crippen LogP) is 4.05. The first-order valence-electron chi connectivity index (χ1n) is 8.19. The zero-order valence-electron chi connectivity index (χ0n) is 13.8. The highest BCUT2D eigenvalue weighted by atomic mass is 16.3. The van der Waals surface area contributed by atoms with Crippen LogP contribution in [0.3, 0.4) is 0 Å². The van der Waals surface area contributed by atoms with Crippen LogP contribution in [-0.2, 0) is 0 Å². The number of phenolic OH excluding ortho intramolecular Hbond substituents is 1. The normalized spacial score (nSPS) is 12.4. The molecule has 3 aromatic carbocycles. The number of benzene rings is 3. The van der Waals surface area contributed by atoms with Crippen molar-refractivity contribution in [3.63, 3.8) is 0 Å². The summed E-state index contributed by atoms with van der Waals surface area (Å²) in [6.45, 7) is 1.87. The minimum atomic E-state index is -0.359. The molecule has 124 valence electrons. The van der Waals surface area contributed by atoms with E-state index in [1.54, 1.807) is 6.07 Å². The van der Waals surface area contributed by atoms with Crippen molar-refractivity contribution in [1.29, 1.82) is 0 Å². The van der Waals surface area contributed by atoms with Gasteiger partial charge in [-0.1, -0.05) is 60.7 Å². The van der Waals surface area contributed by atoms with Gasteiger partial charge in [0.2, 0.25) is 0 Å². The number of aryl methyl sites for hydroxylation is 1. The van der Waals surface area contributed by atoms with Crippen LogP contribution in [0, 0.1) is 6.92 Å². The van der Waals surface area contributed by atoms with Gasteiger partial charge in [-0.3, -0.25) is 9.89 Å². The van der Waals surface area contributed by atoms with Gasteiger partial charge < -0.3 is 10.2 Å². The Bertz CT molecular complexity index is 1090. The average molecular weight is 330 g/mol. The zero-order chi connectivity index (χ0) is 17.4. The van der Waals surface area contributed by atoms with E-state index >= 15 is 0 Å². The quantitative estimate of drug-likeness (QED) is 0.530. The largest absolute Gasteiger partial charge is 0.508 e. The van der Waals surface area contributed by atoms with Crippen molar-refractivity contribution in [3.8, 4) is 5.75 Å². The summed E-state index contributed by atoms with van der Waals surface area (Å²) in [6.07, 6.45) is 0. The van der Waals surface area contributed by atoms with E-state index in [1.807, 2.05) is 67.6 Å². The van der Waals surface area contributed by atoms with Crippen LogP contribution in [0.2, 0.25) is 0 Å². The number of fused-ring (bicyclic) bond motifs is 1. The van der Waals surface area contributed by atoms with E-state index in [0.717, 1.165) is 27.6 Å². The second-order valence-corrected chi connectivity index (χ2v) is 6.18. The van der Waals surface area contributed by atoms with Crippen LogP contribution in [0.4, 0.5) is 0 Å². The molecule has 1 atom stereocenters. The Morgan fingerprint density at radius 3 is 2.28 bits per heavy atom.